The molecule has 0 spiro atoms. The summed E-state index contributed by atoms with van der Waals surface area (Å²) in [4.78, 5) is 0. The summed E-state index contributed by atoms with van der Waals surface area (Å²) in [6, 6.07) is 3.68. The zero-order chi connectivity index (χ0) is 11.4. The van der Waals surface area contributed by atoms with Crippen molar-refractivity contribution in [3.05, 3.63) is 23.3 Å². The molecule has 0 fully saturated rings. The SMILES string of the molecule is COc1cc(C)c(C(N)NN)cc1OC. The van der Waals surface area contributed by atoms with Gasteiger partial charge >= 0.3 is 0 Å². The number of benzene rings is 1. The number of nitrogens with two attached hydrogens (primary N) is 2. The molecule has 0 amide bonds. The number of hydrazine groups is 1. The highest BCUT2D eigenvalue weighted by Gasteiger charge is 2.12. The summed E-state index contributed by atoms with van der Waals surface area (Å²) in [6.45, 7) is 1.94. The third kappa shape index (κ3) is 2.38. The van der Waals surface area contributed by atoms with Crippen LogP contribution in [0.1, 0.15) is 17.3 Å². The molecule has 84 valence electrons. The van der Waals surface area contributed by atoms with Crippen molar-refractivity contribution in [2.45, 2.75) is 13.1 Å². The highest BCUT2D eigenvalue weighted by molar-refractivity contribution is 5.47. The van der Waals surface area contributed by atoms with Crippen molar-refractivity contribution in [2.75, 3.05) is 14.2 Å². The molecule has 0 aromatic heterocycles. The number of ether oxygens (including phenoxy) is 2. The second-order valence-electron chi connectivity index (χ2n) is 3.21. The lowest BCUT2D eigenvalue weighted by molar-refractivity contribution is 0.353. The maximum absolute atomic E-state index is 5.78. The summed E-state index contributed by atoms with van der Waals surface area (Å²) in [7, 11) is 3.18. The molecule has 0 aliphatic rings. The van der Waals surface area contributed by atoms with Gasteiger partial charge in [-0.15, -0.1) is 0 Å². The van der Waals surface area contributed by atoms with Gasteiger partial charge in [-0.25, -0.2) is 5.43 Å². The second kappa shape index (κ2) is 4.97. The monoisotopic (exact) mass is 211 g/mol. The number of aryl methyl sites for hydroxylation is 1. The summed E-state index contributed by atoms with van der Waals surface area (Å²) in [6.07, 6.45) is -0.412. The minimum atomic E-state index is -0.412. The molecular weight excluding hydrogens is 194 g/mol. The van der Waals surface area contributed by atoms with Crippen LogP contribution >= 0.6 is 0 Å². The molecule has 0 saturated heterocycles. The van der Waals surface area contributed by atoms with E-state index in [-0.39, 0.29) is 0 Å². The molecule has 0 aliphatic heterocycles. The minimum absolute atomic E-state index is 0.412. The van der Waals surface area contributed by atoms with Gasteiger partial charge in [0.1, 0.15) is 0 Å². The fraction of sp³-hybridized carbons (Fsp3) is 0.400. The van der Waals surface area contributed by atoms with Crippen LogP contribution in [0.15, 0.2) is 12.1 Å². The average molecular weight is 211 g/mol. The fourth-order valence-corrected chi connectivity index (χ4v) is 1.42. The molecule has 0 saturated carbocycles. The van der Waals surface area contributed by atoms with Gasteiger partial charge in [-0.3, -0.25) is 5.84 Å². The van der Waals surface area contributed by atoms with Gasteiger partial charge in [-0.1, -0.05) is 0 Å². The van der Waals surface area contributed by atoms with Crippen LogP contribution in [0.2, 0.25) is 0 Å². The maximum atomic E-state index is 5.78. The molecule has 1 aromatic rings. The van der Waals surface area contributed by atoms with Crippen LogP contribution < -0.4 is 26.5 Å². The summed E-state index contributed by atoms with van der Waals surface area (Å²) >= 11 is 0. The Morgan fingerprint density at radius 2 is 1.73 bits per heavy atom. The van der Waals surface area contributed by atoms with Gasteiger partial charge in [-0.05, 0) is 30.2 Å². The first-order chi connectivity index (χ1) is 7.13. The number of nitrogens with one attached hydrogen (secondary N) is 1. The summed E-state index contributed by atoms with van der Waals surface area (Å²) in [5, 5.41) is 0. The molecule has 5 heteroatoms. The number of hydrogen-bond donors (Lipinski definition) is 3. The Morgan fingerprint density at radius 1 is 1.20 bits per heavy atom. The Bertz CT molecular complexity index is 342. The molecule has 0 radical (unpaired) electrons. The average Bonchev–Trinajstić information content (AvgIpc) is 2.27. The molecular formula is C10H17N3O2. The zero-order valence-corrected chi connectivity index (χ0v) is 9.20. The Morgan fingerprint density at radius 3 is 2.20 bits per heavy atom. The largest absolute Gasteiger partial charge is 0.493 e. The number of rotatable bonds is 4. The lowest BCUT2D eigenvalue weighted by Crippen LogP contribution is -2.34. The third-order valence-corrected chi connectivity index (χ3v) is 2.29. The van der Waals surface area contributed by atoms with E-state index >= 15 is 0 Å². The fourth-order valence-electron chi connectivity index (χ4n) is 1.42. The Labute approximate surface area is 89.3 Å². The van der Waals surface area contributed by atoms with Crippen LogP contribution in [-0.4, -0.2) is 14.2 Å². The van der Waals surface area contributed by atoms with Crippen LogP contribution in [0.5, 0.6) is 11.5 Å². The Balaban J connectivity index is 3.19. The quantitative estimate of drug-likeness (QED) is 0.382. The summed E-state index contributed by atoms with van der Waals surface area (Å²) in [5.74, 6) is 6.61. The predicted octanol–water partition coefficient (Wildman–Crippen LogP) is 0.433. The van der Waals surface area contributed by atoms with Crippen LogP contribution in [0.25, 0.3) is 0 Å². The van der Waals surface area contributed by atoms with E-state index in [0.717, 1.165) is 11.1 Å². The van der Waals surface area contributed by atoms with Crippen LogP contribution in [0.4, 0.5) is 0 Å². The molecule has 0 bridgehead atoms. The van der Waals surface area contributed by atoms with E-state index in [1.54, 1.807) is 14.2 Å². The maximum Gasteiger partial charge on any atom is 0.161 e. The summed E-state index contributed by atoms with van der Waals surface area (Å²) < 4.78 is 10.3. The standard InChI is InChI=1S/C10H17N3O2/c1-6-4-8(14-2)9(15-3)5-7(6)10(11)13-12/h4-5,10,13H,11-12H2,1-3H3. The number of hydrogen-bond acceptors (Lipinski definition) is 5. The van der Waals surface area contributed by atoms with Gasteiger partial charge in [0, 0.05) is 0 Å². The van der Waals surface area contributed by atoms with Crippen LogP contribution in [0.3, 0.4) is 0 Å². The second-order valence-corrected chi connectivity index (χ2v) is 3.21. The first-order valence-electron chi connectivity index (χ1n) is 4.58. The molecule has 15 heavy (non-hydrogen) atoms. The molecule has 1 aromatic carbocycles. The lowest BCUT2D eigenvalue weighted by Gasteiger charge is -2.16. The van der Waals surface area contributed by atoms with E-state index in [4.69, 9.17) is 21.1 Å². The minimum Gasteiger partial charge on any atom is -0.493 e. The molecule has 0 aliphatic carbocycles. The first-order valence-corrected chi connectivity index (χ1v) is 4.58. The van der Waals surface area contributed by atoms with Gasteiger partial charge in [0.2, 0.25) is 0 Å². The van der Waals surface area contributed by atoms with Crippen LogP contribution in [0, 0.1) is 6.92 Å². The van der Waals surface area contributed by atoms with Gasteiger partial charge < -0.3 is 15.2 Å². The van der Waals surface area contributed by atoms with Crippen molar-refractivity contribution in [2.24, 2.45) is 11.6 Å². The van der Waals surface area contributed by atoms with E-state index in [1.807, 2.05) is 19.1 Å². The predicted molar refractivity (Wildman–Crippen MR) is 58.5 cm³/mol. The Kier molecular flexibility index (Phi) is 3.90. The van der Waals surface area contributed by atoms with E-state index in [9.17, 15) is 0 Å². The van der Waals surface area contributed by atoms with Gasteiger partial charge in [-0.2, -0.15) is 0 Å². The molecule has 0 heterocycles. The van der Waals surface area contributed by atoms with Crippen molar-refractivity contribution in [3.63, 3.8) is 0 Å². The first kappa shape index (κ1) is 11.8. The van der Waals surface area contributed by atoms with E-state index in [1.165, 1.54) is 0 Å². The van der Waals surface area contributed by atoms with Gasteiger partial charge in [0.05, 0.1) is 20.4 Å². The van der Waals surface area contributed by atoms with Crippen molar-refractivity contribution >= 4 is 0 Å². The highest BCUT2D eigenvalue weighted by atomic mass is 16.5. The third-order valence-electron chi connectivity index (χ3n) is 2.29. The topological polar surface area (TPSA) is 82.5 Å². The zero-order valence-electron chi connectivity index (χ0n) is 9.20. The van der Waals surface area contributed by atoms with E-state index in [2.05, 4.69) is 5.43 Å². The lowest BCUT2D eigenvalue weighted by atomic mass is 10.1. The highest BCUT2D eigenvalue weighted by Crippen LogP contribution is 2.31. The molecule has 5 N–H and O–H groups in total. The smallest absolute Gasteiger partial charge is 0.161 e. The molecule has 1 unspecified atom stereocenters. The molecule has 1 atom stereocenters. The van der Waals surface area contributed by atoms with Crippen molar-refractivity contribution in [1.29, 1.82) is 0 Å². The van der Waals surface area contributed by atoms with Crippen LogP contribution in [-0.2, 0) is 0 Å². The Hall–Kier alpha value is -1.30. The van der Waals surface area contributed by atoms with E-state index < -0.39 is 6.17 Å². The van der Waals surface area contributed by atoms with Gasteiger partial charge in [0.15, 0.2) is 11.5 Å². The molecule has 5 nitrogen and oxygen atoms in total. The van der Waals surface area contributed by atoms with Crippen molar-refractivity contribution in [1.82, 2.24) is 5.43 Å². The molecule has 1 rings (SSSR count). The van der Waals surface area contributed by atoms with Crippen molar-refractivity contribution in [3.8, 4) is 11.5 Å². The number of methoxy groups -OCH3 is 2. The van der Waals surface area contributed by atoms with Crippen molar-refractivity contribution < 1.29 is 9.47 Å². The van der Waals surface area contributed by atoms with Gasteiger partial charge in [0.25, 0.3) is 0 Å². The normalized spacial score (nSPS) is 12.3. The van der Waals surface area contributed by atoms with E-state index in [0.29, 0.717) is 11.5 Å². The summed E-state index contributed by atoms with van der Waals surface area (Å²) in [5.41, 5.74) is 10.2.